The number of rotatable bonds is 5. The number of ether oxygens (including phenoxy) is 1. The van der Waals surface area contributed by atoms with Gasteiger partial charge in [-0.2, -0.15) is 13.2 Å². The van der Waals surface area contributed by atoms with E-state index >= 15 is 0 Å². The van der Waals surface area contributed by atoms with Gasteiger partial charge in [-0.05, 0) is 43.0 Å². The summed E-state index contributed by atoms with van der Waals surface area (Å²) in [7, 11) is 0. The molecule has 1 N–H and O–H groups in total. The van der Waals surface area contributed by atoms with Crippen molar-refractivity contribution in [2.75, 3.05) is 6.61 Å². The molecule has 0 spiro atoms. The standard InChI is InChI=1S/C14H19F3O2/c1-4-8-19-11-6-7-12(10(5-2)9-11)13(3,18)14(15,16)17/h6-7,9,18H,4-5,8H2,1-3H3. The maximum atomic E-state index is 12.9. The second kappa shape index (κ2) is 5.82. The highest BCUT2D eigenvalue weighted by molar-refractivity contribution is 5.39. The summed E-state index contributed by atoms with van der Waals surface area (Å²) in [6, 6.07) is 4.31. The fourth-order valence-corrected chi connectivity index (χ4v) is 1.80. The maximum absolute atomic E-state index is 12.9. The van der Waals surface area contributed by atoms with Crippen LogP contribution in [0, 0.1) is 0 Å². The molecule has 0 aliphatic rings. The van der Waals surface area contributed by atoms with Gasteiger partial charge in [-0.15, -0.1) is 0 Å². The first kappa shape index (κ1) is 15.8. The third-order valence-electron chi connectivity index (χ3n) is 3.01. The summed E-state index contributed by atoms with van der Waals surface area (Å²) < 4.78 is 44.0. The lowest BCUT2D eigenvalue weighted by molar-refractivity contribution is -0.259. The van der Waals surface area contributed by atoms with Crippen LogP contribution in [0.1, 0.15) is 38.3 Å². The molecule has 0 bridgehead atoms. The largest absolute Gasteiger partial charge is 0.494 e. The van der Waals surface area contributed by atoms with Gasteiger partial charge in [-0.1, -0.05) is 19.9 Å². The third-order valence-corrected chi connectivity index (χ3v) is 3.01. The van der Waals surface area contributed by atoms with Crippen LogP contribution in [-0.4, -0.2) is 17.9 Å². The summed E-state index contributed by atoms with van der Waals surface area (Å²) in [4.78, 5) is 0. The molecular formula is C14H19F3O2. The fraction of sp³-hybridized carbons (Fsp3) is 0.571. The van der Waals surface area contributed by atoms with Gasteiger partial charge in [0.1, 0.15) is 5.75 Å². The molecule has 108 valence electrons. The first-order chi connectivity index (χ1) is 8.74. The zero-order chi connectivity index (χ0) is 14.7. The maximum Gasteiger partial charge on any atom is 0.421 e. The highest BCUT2D eigenvalue weighted by Crippen LogP contribution is 2.40. The molecule has 1 aromatic rings. The predicted molar refractivity (Wildman–Crippen MR) is 67.2 cm³/mol. The van der Waals surface area contributed by atoms with Crippen molar-refractivity contribution < 1.29 is 23.0 Å². The van der Waals surface area contributed by atoms with Gasteiger partial charge in [0.25, 0.3) is 0 Å². The Balaban J connectivity index is 3.16. The van der Waals surface area contributed by atoms with Crippen LogP contribution in [0.4, 0.5) is 13.2 Å². The normalized spacial score (nSPS) is 15.1. The molecule has 1 aromatic carbocycles. The lowest BCUT2D eigenvalue weighted by Crippen LogP contribution is -2.40. The Labute approximate surface area is 111 Å². The predicted octanol–water partition coefficient (Wildman–Crippen LogP) is 3.81. The van der Waals surface area contributed by atoms with Crippen molar-refractivity contribution in [2.24, 2.45) is 0 Å². The van der Waals surface area contributed by atoms with E-state index in [2.05, 4.69) is 0 Å². The molecule has 0 aliphatic carbocycles. The van der Waals surface area contributed by atoms with Gasteiger partial charge in [0.15, 0.2) is 5.60 Å². The molecule has 0 saturated carbocycles. The number of hydrogen-bond donors (Lipinski definition) is 1. The van der Waals surface area contributed by atoms with Gasteiger partial charge in [-0.3, -0.25) is 0 Å². The van der Waals surface area contributed by atoms with Gasteiger partial charge in [-0.25, -0.2) is 0 Å². The van der Waals surface area contributed by atoms with Crippen LogP contribution >= 0.6 is 0 Å². The Bertz CT molecular complexity index is 425. The number of aryl methyl sites for hydroxylation is 1. The van der Waals surface area contributed by atoms with Crippen molar-refractivity contribution in [3.8, 4) is 5.75 Å². The van der Waals surface area contributed by atoms with Crippen LogP contribution in [0.2, 0.25) is 0 Å². The van der Waals surface area contributed by atoms with Crippen molar-refractivity contribution in [1.29, 1.82) is 0 Å². The smallest absolute Gasteiger partial charge is 0.421 e. The Hall–Kier alpha value is -1.23. The molecule has 0 heterocycles. The minimum Gasteiger partial charge on any atom is -0.494 e. The summed E-state index contributed by atoms with van der Waals surface area (Å²) >= 11 is 0. The zero-order valence-corrected chi connectivity index (χ0v) is 11.3. The van der Waals surface area contributed by atoms with Crippen LogP contribution < -0.4 is 4.74 Å². The summed E-state index contributed by atoms with van der Waals surface area (Å²) in [6.07, 6.45) is -3.49. The second-order valence-corrected chi connectivity index (χ2v) is 4.59. The van der Waals surface area contributed by atoms with Crippen LogP contribution in [0.5, 0.6) is 5.75 Å². The zero-order valence-electron chi connectivity index (χ0n) is 11.3. The van der Waals surface area contributed by atoms with E-state index in [0.29, 0.717) is 24.3 Å². The summed E-state index contributed by atoms with van der Waals surface area (Å²) in [5.74, 6) is 0.528. The number of benzene rings is 1. The highest BCUT2D eigenvalue weighted by atomic mass is 19.4. The molecule has 0 aromatic heterocycles. The van der Waals surface area contributed by atoms with E-state index in [4.69, 9.17) is 4.74 Å². The van der Waals surface area contributed by atoms with Gasteiger partial charge < -0.3 is 9.84 Å². The molecule has 0 fully saturated rings. The summed E-state index contributed by atoms with van der Waals surface area (Å²) in [5, 5.41) is 9.74. The molecule has 0 amide bonds. The van der Waals surface area contributed by atoms with Crippen molar-refractivity contribution in [3.05, 3.63) is 29.3 Å². The quantitative estimate of drug-likeness (QED) is 0.886. The fourth-order valence-electron chi connectivity index (χ4n) is 1.80. The van der Waals surface area contributed by atoms with E-state index < -0.39 is 11.8 Å². The van der Waals surface area contributed by atoms with E-state index in [-0.39, 0.29) is 5.56 Å². The van der Waals surface area contributed by atoms with Crippen LogP contribution in [0.15, 0.2) is 18.2 Å². The molecule has 1 unspecified atom stereocenters. The van der Waals surface area contributed by atoms with E-state index in [1.54, 1.807) is 13.0 Å². The molecule has 1 rings (SSSR count). The molecule has 19 heavy (non-hydrogen) atoms. The average molecular weight is 276 g/mol. The Morgan fingerprint density at radius 3 is 2.32 bits per heavy atom. The molecular weight excluding hydrogens is 257 g/mol. The van der Waals surface area contributed by atoms with Crippen LogP contribution in [0.25, 0.3) is 0 Å². The Morgan fingerprint density at radius 2 is 1.84 bits per heavy atom. The number of aliphatic hydroxyl groups is 1. The van der Waals surface area contributed by atoms with E-state index in [9.17, 15) is 18.3 Å². The molecule has 5 heteroatoms. The second-order valence-electron chi connectivity index (χ2n) is 4.59. The Morgan fingerprint density at radius 1 is 1.21 bits per heavy atom. The third kappa shape index (κ3) is 3.41. The first-order valence-corrected chi connectivity index (χ1v) is 6.29. The summed E-state index contributed by atoms with van der Waals surface area (Å²) in [6.45, 7) is 4.98. The number of hydrogen-bond acceptors (Lipinski definition) is 2. The highest BCUT2D eigenvalue weighted by Gasteiger charge is 2.51. The SMILES string of the molecule is CCCOc1ccc(C(C)(O)C(F)(F)F)c(CC)c1. The molecule has 0 saturated heterocycles. The van der Waals surface area contributed by atoms with E-state index in [0.717, 1.165) is 13.3 Å². The summed E-state index contributed by atoms with van der Waals surface area (Å²) in [5.41, 5.74) is -2.52. The minimum atomic E-state index is -4.71. The van der Waals surface area contributed by atoms with E-state index in [1.807, 2.05) is 6.92 Å². The van der Waals surface area contributed by atoms with Crippen LogP contribution in [-0.2, 0) is 12.0 Å². The minimum absolute atomic E-state index is 0.119. The van der Waals surface area contributed by atoms with Gasteiger partial charge in [0.05, 0.1) is 6.61 Å². The molecule has 0 aliphatic heterocycles. The average Bonchev–Trinajstić information content (AvgIpc) is 2.34. The monoisotopic (exact) mass is 276 g/mol. The first-order valence-electron chi connectivity index (χ1n) is 6.29. The van der Waals surface area contributed by atoms with Gasteiger partial charge in [0, 0.05) is 0 Å². The molecule has 0 radical (unpaired) electrons. The molecule has 2 nitrogen and oxygen atoms in total. The van der Waals surface area contributed by atoms with Crippen molar-refractivity contribution in [1.82, 2.24) is 0 Å². The van der Waals surface area contributed by atoms with E-state index in [1.165, 1.54) is 12.1 Å². The van der Waals surface area contributed by atoms with Gasteiger partial charge in [0.2, 0.25) is 0 Å². The molecule has 1 atom stereocenters. The van der Waals surface area contributed by atoms with Crippen LogP contribution in [0.3, 0.4) is 0 Å². The lowest BCUT2D eigenvalue weighted by Gasteiger charge is -2.29. The van der Waals surface area contributed by atoms with Crippen molar-refractivity contribution in [2.45, 2.75) is 45.4 Å². The number of halogens is 3. The van der Waals surface area contributed by atoms with Crippen molar-refractivity contribution in [3.63, 3.8) is 0 Å². The van der Waals surface area contributed by atoms with Crippen molar-refractivity contribution >= 4 is 0 Å². The topological polar surface area (TPSA) is 29.5 Å². The number of alkyl halides is 3. The Kier molecular flexibility index (Phi) is 4.85. The van der Waals surface area contributed by atoms with Gasteiger partial charge >= 0.3 is 6.18 Å². The lowest BCUT2D eigenvalue weighted by atomic mass is 9.89.